The fourth-order valence-electron chi connectivity index (χ4n) is 3.20. The molecule has 0 saturated carbocycles. The number of fused-ring (bicyclic) bond motifs is 2. The molecular weight excluding hydrogens is 346 g/mol. The maximum absolute atomic E-state index is 12.1. The van der Waals surface area contributed by atoms with Gasteiger partial charge in [-0.2, -0.15) is 0 Å². The molecule has 2 bridgehead atoms. The molecule has 5 N–H and O–H groups in total. The quantitative estimate of drug-likeness (QED) is 0.531. The first-order valence-electron chi connectivity index (χ1n) is 9.97. The fourth-order valence-corrected chi connectivity index (χ4v) is 3.20. The van der Waals surface area contributed by atoms with Gasteiger partial charge in [0.25, 0.3) is 0 Å². The molecule has 2 unspecified atom stereocenters. The largest absolute Gasteiger partial charge is 0.358 e. The highest BCUT2D eigenvalue weighted by Gasteiger charge is 2.17. The third kappa shape index (κ3) is 7.64. The van der Waals surface area contributed by atoms with Crippen LogP contribution in [0.4, 0.5) is 0 Å². The molecule has 2 atom stereocenters. The van der Waals surface area contributed by atoms with Crippen LogP contribution in [-0.4, -0.2) is 59.0 Å². The van der Waals surface area contributed by atoms with E-state index in [1.165, 1.54) is 0 Å². The van der Waals surface area contributed by atoms with Gasteiger partial charge in [0.2, 0.25) is 11.8 Å². The molecule has 0 saturated heterocycles. The highest BCUT2D eigenvalue weighted by Crippen LogP contribution is 2.06. The Morgan fingerprint density at radius 1 is 1.22 bits per heavy atom. The number of aryl methyl sites for hydroxylation is 1. The van der Waals surface area contributed by atoms with Crippen LogP contribution >= 0.6 is 0 Å². The van der Waals surface area contributed by atoms with E-state index in [1.807, 2.05) is 6.20 Å². The van der Waals surface area contributed by atoms with Crippen LogP contribution in [0.1, 0.15) is 50.6 Å². The Morgan fingerprint density at radius 2 is 2.00 bits per heavy atom. The average molecular weight is 380 g/mol. The maximum Gasteiger partial charge on any atom is 0.237 e. The molecule has 9 nitrogen and oxygen atoms in total. The van der Waals surface area contributed by atoms with Crippen molar-refractivity contribution in [1.82, 2.24) is 30.9 Å². The van der Waals surface area contributed by atoms with Gasteiger partial charge in [-0.15, -0.1) is 5.10 Å². The Balaban J connectivity index is 1.92. The lowest BCUT2D eigenvalue weighted by Gasteiger charge is -2.17. The number of carbonyl (C=O) groups excluding carboxylic acids is 2. The second-order valence-corrected chi connectivity index (χ2v) is 7.11. The number of nitrogens with zero attached hydrogens (tertiary/aromatic N) is 3. The highest BCUT2D eigenvalue weighted by atomic mass is 16.2. The van der Waals surface area contributed by atoms with Crippen LogP contribution in [0.5, 0.6) is 0 Å². The molecule has 0 fully saturated rings. The first-order chi connectivity index (χ1) is 13.1. The van der Waals surface area contributed by atoms with Crippen LogP contribution in [0.3, 0.4) is 0 Å². The zero-order valence-corrected chi connectivity index (χ0v) is 16.2. The predicted molar refractivity (Wildman–Crippen MR) is 103 cm³/mol. The third-order valence-electron chi connectivity index (χ3n) is 4.84. The number of rotatable bonds is 1. The minimum Gasteiger partial charge on any atom is -0.358 e. The zero-order chi connectivity index (χ0) is 19.5. The molecule has 2 amide bonds. The van der Waals surface area contributed by atoms with E-state index in [0.717, 1.165) is 63.7 Å². The lowest BCUT2D eigenvalue weighted by molar-refractivity contribution is -0.123. The second-order valence-electron chi connectivity index (χ2n) is 7.11. The first-order valence-corrected chi connectivity index (χ1v) is 9.97. The van der Waals surface area contributed by atoms with E-state index in [2.05, 4.69) is 26.3 Å². The number of aromatic nitrogens is 3. The van der Waals surface area contributed by atoms with E-state index in [-0.39, 0.29) is 17.9 Å². The standard InChI is InChI=1S/C18H33N7O2/c1-20-18(27)16-8-4-7-11-25-13-14(23-24-25)12-15(19)17(26)22-10-6-3-2-5-9-21-16/h13,15-16,21H,2-12,19H2,1H3,(H,20,27)(H,22,26). The van der Waals surface area contributed by atoms with Crippen molar-refractivity contribution in [2.45, 2.75) is 70.0 Å². The summed E-state index contributed by atoms with van der Waals surface area (Å²) in [5.41, 5.74) is 6.70. The van der Waals surface area contributed by atoms with Crippen LogP contribution in [0, 0.1) is 0 Å². The van der Waals surface area contributed by atoms with Crippen molar-refractivity contribution in [3.05, 3.63) is 11.9 Å². The first kappa shape index (κ1) is 21.3. The molecule has 2 rings (SSSR count). The summed E-state index contributed by atoms with van der Waals surface area (Å²) in [5, 5.41) is 17.2. The lowest BCUT2D eigenvalue weighted by atomic mass is 10.1. The van der Waals surface area contributed by atoms with Gasteiger partial charge in [-0.25, -0.2) is 0 Å². The topological polar surface area (TPSA) is 127 Å². The van der Waals surface area contributed by atoms with Gasteiger partial charge in [0.15, 0.2) is 0 Å². The molecule has 27 heavy (non-hydrogen) atoms. The van der Waals surface area contributed by atoms with Crippen molar-refractivity contribution < 1.29 is 9.59 Å². The Hall–Kier alpha value is -2.00. The van der Waals surface area contributed by atoms with Crippen molar-refractivity contribution >= 4 is 11.8 Å². The smallest absolute Gasteiger partial charge is 0.237 e. The molecule has 2 heterocycles. The van der Waals surface area contributed by atoms with E-state index >= 15 is 0 Å². The summed E-state index contributed by atoms with van der Waals surface area (Å²) in [5.74, 6) is -0.0989. The average Bonchev–Trinajstić information content (AvgIpc) is 3.11. The summed E-state index contributed by atoms with van der Waals surface area (Å²) in [6.07, 6.45) is 8.89. The zero-order valence-electron chi connectivity index (χ0n) is 16.2. The maximum atomic E-state index is 12.1. The van der Waals surface area contributed by atoms with Crippen molar-refractivity contribution in [1.29, 1.82) is 0 Å². The summed E-state index contributed by atoms with van der Waals surface area (Å²) >= 11 is 0. The Bertz CT molecular complexity index is 590. The SMILES string of the molecule is CNC(=O)C1CCCCn2cc(nn2)CC(N)C(=O)NCCCCCCN1. The van der Waals surface area contributed by atoms with Gasteiger partial charge in [-0.1, -0.05) is 18.1 Å². The normalized spacial score (nSPS) is 24.1. The number of carbonyl (C=O) groups is 2. The molecule has 1 aromatic heterocycles. The second kappa shape index (κ2) is 11.7. The van der Waals surface area contributed by atoms with E-state index in [4.69, 9.17) is 5.73 Å². The number of amides is 2. The van der Waals surface area contributed by atoms with E-state index in [0.29, 0.717) is 13.0 Å². The predicted octanol–water partition coefficient (Wildman–Crippen LogP) is -0.287. The number of nitrogens with two attached hydrogens (primary N) is 1. The Labute approximate surface area is 160 Å². The van der Waals surface area contributed by atoms with Gasteiger partial charge in [0.1, 0.15) is 0 Å². The summed E-state index contributed by atoms with van der Waals surface area (Å²) in [6.45, 7) is 2.18. The van der Waals surface area contributed by atoms with Crippen molar-refractivity contribution in [2.75, 3.05) is 20.1 Å². The Morgan fingerprint density at radius 3 is 2.78 bits per heavy atom. The molecule has 0 radical (unpaired) electrons. The van der Waals surface area contributed by atoms with Crippen LogP contribution in [0.25, 0.3) is 0 Å². The molecule has 0 aromatic carbocycles. The number of likely N-dealkylation sites (N-methyl/N-ethyl adjacent to an activating group) is 1. The summed E-state index contributed by atoms with van der Waals surface area (Å²) in [6, 6.07) is -0.754. The van der Waals surface area contributed by atoms with Gasteiger partial charge in [-0.05, 0) is 38.6 Å². The van der Waals surface area contributed by atoms with Crippen LogP contribution in [0.15, 0.2) is 6.20 Å². The van der Waals surface area contributed by atoms with E-state index in [9.17, 15) is 9.59 Å². The molecule has 0 spiro atoms. The number of hydrogen-bond donors (Lipinski definition) is 4. The van der Waals surface area contributed by atoms with E-state index in [1.54, 1.807) is 11.7 Å². The molecular formula is C18H33N7O2. The van der Waals surface area contributed by atoms with Crippen molar-refractivity contribution in [3.8, 4) is 0 Å². The van der Waals surface area contributed by atoms with Crippen molar-refractivity contribution in [2.24, 2.45) is 5.73 Å². The minimum absolute atomic E-state index is 0.0423. The summed E-state index contributed by atoms with van der Waals surface area (Å²) in [7, 11) is 1.68. The molecule has 0 aliphatic carbocycles. The molecule has 1 aliphatic rings. The number of hydrogen-bond acceptors (Lipinski definition) is 6. The van der Waals surface area contributed by atoms with Crippen LogP contribution < -0.4 is 21.7 Å². The monoisotopic (exact) mass is 379 g/mol. The van der Waals surface area contributed by atoms with Gasteiger partial charge < -0.3 is 21.7 Å². The summed E-state index contributed by atoms with van der Waals surface area (Å²) < 4.78 is 1.77. The van der Waals surface area contributed by atoms with Crippen LogP contribution in [0.2, 0.25) is 0 Å². The highest BCUT2D eigenvalue weighted by molar-refractivity contribution is 5.81. The molecule has 1 aliphatic heterocycles. The van der Waals surface area contributed by atoms with Gasteiger partial charge >= 0.3 is 0 Å². The Kier molecular flexibility index (Phi) is 9.20. The molecule has 9 heteroatoms. The lowest BCUT2D eigenvalue weighted by Crippen LogP contribution is -2.43. The van der Waals surface area contributed by atoms with Gasteiger partial charge in [-0.3, -0.25) is 14.3 Å². The summed E-state index contributed by atoms with van der Waals surface area (Å²) in [4.78, 5) is 24.1. The number of nitrogens with one attached hydrogen (secondary N) is 3. The molecule has 1 aromatic rings. The molecule has 152 valence electrons. The van der Waals surface area contributed by atoms with Gasteiger partial charge in [0, 0.05) is 32.8 Å². The van der Waals surface area contributed by atoms with Crippen molar-refractivity contribution in [3.63, 3.8) is 0 Å². The minimum atomic E-state index is -0.602. The van der Waals surface area contributed by atoms with Gasteiger partial charge in [0.05, 0.1) is 17.8 Å². The fraction of sp³-hybridized carbons (Fsp3) is 0.778. The van der Waals surface area contributed by atoms with E-state index < -0.39 is 6.04 Å². The third-order valence-corrected chi connectivity index (χ3v) is 4.84. The van der Waals surface area contributed by atoms with Crippen LogP contribution in [-0.2, 0) is 22.6 Å².